The Morgan fingerprint density at radius 1 is 1.05 bits per heavy atom. The summed E-state index contributed by atoms with van der Waals surface area (Å²) in [6.45, 7) is 4.25. The Bertz CT molecular complexity index is 495. The molecule has 1 N–H and O–H groups in total. The summed E-state index contributed by atoms with van der Waals surface area (Å²) in [6, 6.07) is 11.6. The van der Waals surface area contributed by atoms with E-state index >= 15 is 0 Å². The molecule has 0 aliphatic rings. The summed E-state index contributed by atoms with van der Waals surface area (Å²) < 4.78 is 13.9. The zero-order chi connectivity index (χ0) is 13.7. The monoisotopic (exact) mass is 277 g/mol. The molecule has 0 aliphatic heterocycles. The summed E-state index contributed by atoms with van der Waals surface area (Å²) >= 11 is 1.75. The fourth-order valence-electron chi connectivity index (χ4n) is 2.32. The molecule has 0 radical (unpaired) electrons. The van der Waals surface area contributed by atoms with Gasteiger partial charge in [-0.2, -0.15) is 0 Å². The van der Waals surface area contributed by atoms with Crippen LogP contribution in [0, 0.1) is 5.82 Å². The first kappa shape index (κ1) is 14.2. The average molecular weight is 277 g/mol. The first-order chi connectivity index (χ1) is 9.26. The number of halogens is 1. The maximum absolute atomic E-state index is 13.9. The van der Waals surface area contributed by atoms with E-state index < -0.39 is 0 Å². The molecule has 1 nitrogen and oxygen atoms in total. The molecular weight excluding hydrogens is 257 g/mol. The van der Waals surface area contributed by atoms with Gasteiger partial charge in [0.2, 0.25) is 0 Å². The quantitative estimate of drug-likeness (QED) is 0.776. The molecular formula is C16H20FNS. The van der Waals surface area contributed by atoms with E-state index in [0.717, 1.165) is 18.4 Å². The van der Waals surface area contributed by atoms with Crippen LogP contribution in [0.2, 0.25) is 0 Å². The largest absolute Gasteiger partial charge is 0.302 e. The molecule has 2 atom stereocenters. The van der Waals surface area contributed by atoms with Gasteiger partial charge in [0.05, 0.1) is 0 Å². The van der Waals surface area contributed by atoms with Crippen LogP contribution in [0.1, 0.15) is 49.2 Å². The van der Waals surface area contributed by atoms with Crippen molar-refractivity contribution in [1.82, 2.24) is 5.32 Å². The normalized spacial score (nSPS) is 14.3. The van der Waals surface area contributed by atoms with Crippen molar-refractivity contribution in [2.45, 2.75) is 38.8 Å². The fraction of sp³-hybridized carbons (Fsp3) is 0.375. The van der Waals surface area contributed by atoms with Crippen molar-refractivity contribution in [3.8, 4) is 0 Å². The van der Waals surface area contributed by atoms with Crippen molar-refractivity contribution in [3.05, 3.63) is 58.0 Å². The van der Waals surface area contributed by atoms with E-state index in [2.05, 4.69) is 36.7 Å². The molecule has 0 fully saturated rings. The van der Waals surface area contributed by atoms with E-state index in [1.807, 2.05) is 12.1 Å². The molecule has 0 saturated carbocycles. The van der Waals surface area contributed by atoms with E-state index in [1.165, 1.54) is 10.9 Å². The Kier molecular flexibility index (Phi) is 5.11. The highest BCUT2D eigenvalue weighted by Crippen LogP contribution is 2.28. The van der Waals surface area contributed by atoms with Crippen LogP contribution in [0.25, 0.3) is 0 Å². The molecule has 2 unspecified atom stereocenters. The van der Waals surface area contributed by atoms with Gasteiger partial charge in [0.1, 0.15) is 5.82 Å². The highest BCUT2D eigenvalue weighted by molar-refractivity contribution is 7.10. The Morgan fingerprint density at radius 3 is 2.37 bits per heavy atom. The van der Waals surface area contributed by atoms with Crippen LogP contribution >= 0.6 is 11.3 Å². The van der Waals surface area contributed by atoms with Crippen molar-refractivity contribution >= 4 is 11.3 Å². The zero-order valence-corrected chi connectivity index (χ0v) is 12.2. The van der Waals surface area contributed by atoms with Gasteiger partial charge in [-0.3, -0.25) is 0 Å². The molecule has 0 bridgehead atoms. The average Bonchev–Trinajstić information content (AvgIpc) is 2.95. The minimum atomic E-state index is -0.122. The van der Waals surface area contributed by atoms with E-state index in [-0.39, 0.29) is 11.9 Å². The van der Waals surface area contributed by atoms with Crippen molar-refractivity contribution in [2.24, 2.45) is 0 Å². The molecule has 1 aromatic carbocycles. The highest BCUT2D eigenvalue weighted by Gasteiger charge is 2.18. The van der Waals surface area contributed by atoms with Crippen LogP contribution in [0.15, 0.2) is 41.8 Å². The maximum atomic E-state index is 13.9. The number of thiophene rings is 1. The van der Waals surface area contributed by atoms with Gasteiger partial charge in [0.15, 0.2) is 0 Å². The van der Waals surface area contributed by atoms with Gasteiger partial charge in [0.25, 0.3) is 0 Å². The third-order valence-electron chi connectivity index (χ3n) is 3.39. The number of hydrogen-bond donors (Lipinski definition) is 1. The Hall–Kier alpha value is -1.19. The Morgan fingerprint density at radius 2 is 1.79 bits per heavy atom. The Balaban J connectivity index is 2.17. The van der Waals surface area contributed by atoms with Crippen LogP contribution in [0.3, 0.4) is 0 Å². The van der Waals surface area contributed by atoms with Gasteiger partial charge in [-0.15, -0.1) is 11.3 Å². The minimum absolute atomic E-state index is 0.0632. The molecule has 1 heterocycles. The van der Waals surface area contributed by atoms with Crippen LogP contribution in [0.5, 0.6) is 0 Å². The van der Waals surface area contributed by atoms with Gasteiger partial charge in [-0.1, -0.05) is 38.1 Å². The van der Waals surface area contributed by atoms with Crippen molar-refractivity contribution < 1.29 is 4.39 Å². The Labute approximate surface area is 118 Å². The molecule has 2 aromatic rings. The number of benzene rings is 1. The second kappa shape index (κ2) is 6.83. The molecule has 0 aliphatic carbocycles. The predicted molar refractivity (Wildman–Crippen MR) is 79.9 cm³/mol. The summed E-state index contributed by atoms with van der Waals surface area (Å²) in [7, 11) is 0. The van der Waals surface area contributed by atoms with E-state index in [9.17, 15) is 4.39 Å². The molecule has 0 spiro atoms. The van der Waals surface area contributed by atoms with Crippen molar-refractivity contribution in [1.29, 1.82) is 0 Å². The second-order valence-corrected chi connectivity index (χ2v) is 5.60. The van der Waals surface area contributed by atoms with E-state index in [1.54, 1.807) is 17.4 Å². The number of rotatable bonds is 6. The first-order valence-electron chi connectivity index (χ1n) is 6.80. The molecule has 2 rings (SSSR count). The van der Waals surface area contributed by atoms with Crippen molar-refractivity contribution in [2.75, 3.05) is 0 Å². The lowest BCUT2D eigenvalue weighted by molar-refractivity contribution is 0.417. The van der Waals surface area contributed by atoms with Crippen LogP contribution in [0.4, 0.5) is 4.39 Å². The molecule has 1 aromatic heterocycles. The van der Waals surface area contributed by atoms with Gasteiger partial charge < -0.3 is 5.32 Å². The molecule has 0 amide bonds. The van der Waals surface area contributed by atoms with Crippen molar-refractivity contribution in [3.63, 3.8) is 0 Å². The highest BCUT2D eigenvalue weighted by atomic mass is 32.1. The SMILES string of the molecule is CCC(NC(CC)c1ccccc1F)c1cccs1. The lowest BCUT2D eigenvalue weighted by atomic mass is 10.0. The molecule has 3 heteroatoms. The lowest BCUT2D eigenvalue weighted by Crippen LogP contribution is -2.26. The third kappa shape index (κ3) is 3.43. The lowest BCUT2D eigenvalue weighted by Gasteiger charge is -2.24. The number of hydrogen-bond acceptors (Lipinski definition) is 2. The van der Waals surface area contributed by atoms with Gasteiger partial charge in [-0.25, -0.2) is 4.39 Å². The molecule has 19 heavy (non-hydrogen) atoms. The van der Waals surface area contributed by atoms with Crippen LogP contribution in [-0.2, 0) is 0 Å². The summed E-state index contributed by atoms with van der Waals surface area (Å²) in [4.78, 5) is 1.32. The predicted octanol–water partition coefficient (Wildman–Crippen LogP) is 5.08. The first-order valence-corrected chi connectivity index (χ1v) is 7.68. The zero-order valence-electron chi connectivity index (χ0n) is 11.4. The van der Waals surface area contributed by atoms with Gasteiger partial charge in [0, 0.05) is 22.5 Å². The summed E-state index contributed by atoms with van der Waals surface area (Å²) in [5.74, 6) is -0.122. The van der Waals surface area contributed by atoms with Gasteiger partial charge >= 0.3 is 0 Å². The smallest absolute Gasteiger partial charge is 0.127 e. The van der Waals surface area contributed by atoms with E-state index in [0.29, 0.717) is 6.04 Å². The molecule has 102 valence electrons. The van der Waals surface area contributed by atoms with E-state index in [4.69, 9.17) is 0 Å². The summed E-state index contributed by atoms with van der Waals surface area (Å²) in [5.41, 5.74) is 0.764. The molecule has 0 saturated heterocycles. The minimum Gasteiger partial charge on any atom is -0.302 e. The maximum Gasteiger partial charge on any atom is 0.127 e. The third-order valence-corrected chi connectivity index (χ3v) is 4.37. The van der Waals surface area contributed by atoms with Gasteiger partial charge in [-0.05, 0) is 30.4 Å². The number of nitrogens with one attached hydrogen (secondary N) is 1. The van der Waals surface area contributed by atoms with Crippen LogP contribution in [-0.4, -0.2) is 0 Å². The standard InChI is InChI=1S/C16H20FNS/c1-3-14(12-8-5-6-9-13(12)17)18-15(4-2)16-10-7-11-19-16/h5-11,14-15,18H,3-4H2,1-2H3. The fourth-order valence-corrected chi connectivity index (χ4v) is 3.19. The second-order valence-electron chi connectivity index (χ2n) is 4.63. The summed E-state index contributed by atoms with van der Waals surface area (Å²) in [5, 5.41) is 5.67. The topological polar surface area (TPSA) is 12.0 Å². The summed E-state index contributed by atoms with van der Waals surface area (Å²) in [6.07, 6.45) is 1.88. The van der Waals surface area contributed by atoms with Crippen LogP contribution < -0.4 is 5.32 Å².